The minimum Gasteiger partial charge on any atom is -0.351 e. The highest BCUT2D eigenvalue weighted by Crippen LogP contribution is 2.25. The molecule has 0 aliphatic rings. The summed E-state index contributed by atoms with van der Waals surface area (Å²) in [5.41, 5.74) is 2.74. The molecule has 2 rings (SSSR count). The van der Waals surface area contributed by atoms with E-state index in [-0.39, 0.29) is 5.88 Å². The van der Waals surface area contributed by atoms with Gasteiger partial charge in [-0.1, -0.05) is 17.7 Å². The standard InChI is InChI=1S/C14H16Cl2N4/c1-3-20(8-11-6-4-5-10(2)19-11)14-12(7-15)13(16)17-9-18-14/h4-6,9H,3,7-8H2,1-2H3. The van der Waals surface area contributed by atoms with Crippen molar-refractivity contribution in [1.29, 1.82) is 0 Å². The quantitative estimate of drug-likeness (QED) is 0.625. The molecule has 0 unspecified atom stereocenters. The van der Waals surface area contributed by atoms with E-state index < -0.39 is 0 Å². The number of hydrogen-bond acceptors (Lipinski definition) is 4. The highest BCUT2D eigenvalue weighted by Gasteiger charge is 2.15. The molecule has 0 saturated heterocycles. The second kappa shape index (κ2) is 6.86. The topological polar surface area (TPSA) is 41.9 Å². The number of aromatic nitrogens is 3. The van der Waals surface area contributed by atoms with Gasteiger partial charge in [0, 0.05) is 17.8 Å². The van der Waals surface area contributed by atoms with E-state index in [1.165, 1.54) is 6.33 Å². The molecular formula is C14H16Cl2N4. The van der Waals surface area contributed by atoms with Gasteiger partial charge in [-0.3, -0.25) is 4.98 Å². The molecule has 0 aliphatic carbocycles. The Hall–Kier alpha value is -1.39. The van der Waals surface area contributed by atoms with Crippen molar-refractivity contribution in [2.45, 2.75) is 26.3 Å². The number of hydrogen-bond donors (Lipinski definition) is 0. The van der Waals surface area contributed by atoms with Gasteiger partial charge in [0.15, 0.2) is 0 Å². The summed E-state index contributed by atoms with van der Waals surface area (Å²) >= 11 is 12.0. The van der Waals surface area contributed by atoms with E-state index in [2.05, 4.69) is 26.8 Å². The van der Waals surface area contributed by atoms with Gasteiger partial charge in [0.05, 0.1) is 18.1 Å². The zero-order valence-electron chi connectivity index (χ0n) is 11.5. The second-order valence-electron chi connectivity index (χ2n) is 4.38. The number of halogens is 2. The molecule has 20 heavy (non-hydrogen) atoms. The summed E-state index contributed by atoms with van der Waals surface area (Å²) < 4.78 is 0. The van der Waals surface area contributed by atoms with Crippen LogP contribution >= 0.6 is 23.2 Å². The monoisotopic (exact) mass is 310 g/mol. The molecule has 0 atom stereocenters. The molecule has 2 heterocycles. The van der Waals surface area contributed by atoms with Crippen LogP contribution in [0.3, 0.4) is 0 Å². The second-order valence-corrected chi connectivity index (χ2v) is 5.01. The summed E-state index contributed by atoms with van der Waals surface area (Å²) in [5.74, 6) is 1.05. The van der Waals surface area contributed by atoms with Crippen LogP contribution in [0.4, 0.5) is 5.82 Å². The fourth-order valence-electron chi connectivity index (χ4n) is 1.99. The van der Waals surface area contributed by atoms with Crippen LogP contribution in [-0.2, 0) is 12.4 Å². The predicted molar refractivity (Wildman–Crippen MR) is 82.3 cm³/mol. The van der Waals surface area contributed by atoms with Crippen LogP contribution in [-0.4, -0.2) is 21.5 Å². The first kappa shape index (κ1) is 15.0. The Morgan fingerprint density at radius 1 is 1.25 bits per heavy atom. The number of pyridine rings is 1. The molecule has 0 N–H and O–H groups in total. The van der Waals surface area contributed by atoms with Gasteiger partial charge in [0.2, 0.25) is 0 Å². The van der Waals surface area contributed by atoms with Gasteiger partial charge < -0.3 is 4.90 Å². The van der Waals surface area contributed by atoms with E-state index in [1.54, 1.807) is 0 Å². The lowest BCUT2D eigenvalue weighted by Gasteiger charge is -2.23. The van der Waals surface area contributed by atoms with Crippen LogP contribution in [0.5, 0.6) is 0 Å². The maximum atomic E-state index is 6.08. The molecule has 2 aromatic rings. The Labute approximate surface area is 128 Å². The smallest absolute Gasteiger partial charge is 0.138 e. The van der Waals surface area contributed by atoms with Crippen molar-refractivity contribution in [3.8, 4) is 0 Å². The number of nitrogens with zero attached hydrogens (tertiary/aromatic N) is 4. The first-order valence-corrected chi connectivity index (χ1v) is 7.29. The summed E-state index contributed by atoms with van der Waals surface area (Å²) in [6.07, 6.45) is 1.46. The number of aryl methyl sites for hydroxylation is 1. The number of rotatable bonds is 5. The van der Waals surface area contributed by atoms with E-state index in [0.717, 1.165) is 29.3 Å². The Morgan fingerprint density at radius 2 is 2.05 bits per heavy atom. The van der Waals surface area contributed by atoms with Crippen LogP contribution in [0.2, 0.25) is 5.15 Å². The molecule has 0 amide bonds. The van der Waals surface area contributed by atoms with Gasteiger partial charge in [-0.05, 0) is 26.0 Å². The first-order chi connectivity index (χ1) is 9.65. The molecule has 106 valence electrons. The Morgan fingerprint density at radius 3 is 2.70 bits per heavy atom. The van der Waals surface area contributed by atoms with Crippen LogP contribution in [0.15, 0.2) is 24.5 Å². The zero-order valence-corrected chi connectivity index (χ0v) is 13.0. The lowest BCUT2D eigenvalue weighted by molar-refractivity contribution is 0.782. The maximum Gasteiger partial charge on any atom is 0.138 e. The molecule has 0 fully saturated rings. The molecule has 0 aliphatic heterocycles. The molecule has 6 heteroatoms. The van der Waals surface area contributed by atoms with Gasteiger partial charge in [-0.25, -0.2) is 9.97 Å². The largest absolute Gasteiger partial charge is 0.351 e. The lowest BCUT2D eigenvalue weighted by atomic mass is 10.2. The normalized spacial score (nSPS) is 10.6. The van der Waals surface area contributed by atoms with E-state index in [1.807, 2.05) is 25.1 Å². The molecule has 2 aromatic heterocycles. The first-order valence-electron chi connectivity index (χ1n) is 6.38. The third-order valence-electron chi connectivity index (χ3n) is 2.98. The van der Waals surface area contributed by atoms with Gasteiger partial charge in [0.25, 0.3) is 0 Å². The van der Waals surface area contributed by atoms with Crippen LogP contribution < -0.4 is 4.90 Å². The third-order valence-corrected chi connectivity index (χ3v) is 3.58. The van der Waals surface area contributed by atoms with Crippen LogP contribution in [0.1, 0.15) is 23.9 Å². The van der Waals surface area contributed by atoms with Gasteiger partial charge in [-0.2, -0.15) is 0 Å². The van der Waals surface area contributed by atoms with Crippen molar-refractivity contribution >= 4 is 29.0 Å². The summed E-state index contributed by atoms with van der Waals surface area (Å²) in [6, 6.07) is 5.98. The number of alkyl halides is 1. The van der Waals surface area contributed by atoms with E-state index in [9.17, 15) is 0 Å². The maximum absolute atomic E-state index is 6.08. The van der Waals surface area contributed by atoms with E-state index >= 15 is 0 Å². The lowest BCUT2D eigenvalue weighted by Crippen LogP contribution is -2.25. The van der Waals surface area contributed by atoms with Crippen molar-refractivity contribution in [2.24, 2.45) is 0 Å². The van der Waals surface area contributed by atoms with Gasteiger partial charge in [0.1, 0.15) is 17.3 Å². The van der Waals surface area contributed by atoms with Gasteiger partial charge >= 0.3 is 0 Å². The fraction of sp³-hybridized carbons (Fsp3) is 0.357. The van der Waals surface area contributed by atoms with Gasteiger partial charge in [-0.15, -0.1) is 11.6 Å². The SMILES string of the molecule is CCN(Cc1cccc(C)n1)c1ncnc(Cl)c1CCl. The van der Waals surface area contributed by atoms with E-state index in [0.29, 0.717) is 11.7 Å². The Kier molecular flexibility index (Phi) is 5.15. The summed E-state index contributed by atoms with van der Waals surface area (Å²) in [7, 11) is 0. The summed E-state index contributed by atoms with van der Waals surface area (Å²) in [4.78, 5) is 14.9. The molecule has 0 aromatic carbocycles. The molecule has 4 nitrogen and oxygen atoms in total. The van der Waals surface area contributed by atoms with Crippen LogP contribution in [0.25, 0.3) is 0 Å². The summed E-state index contributed by atoms with van der Waals surface area (Å²) in [5, 5.41) is 0.403. The predicted octanol–water partition coefficient (Wildman–Crippen LogP) is 3.60. The minimum atomic E-state index is 0.284. The van der Waals surface area contributed by atoms with Crippen molar-refractivity contribution < 1.29 is 0 Å². The highest BCUT2D eigenvalue weighted by molar-refractivity contribution is 6.31. The molecule has 0 spiro atoms. The Balaban J connectivity index is 2.31. The van der Waals surface area contributed by atoms with Crippen molar-refractivity contribution in [1.82, 2.24) is 15.0 Å². The Bertz CT molecular complexity index is 589. The van der Waals surface area contributed by atoms with Crippen LogP contribution in [0, 0.1) is 6.92 Å². The minimum absolute atomic E-state index is 0.284. The third kappa shape index (κ3) is 3.38. The van der Waals surface area contributed by atoms with E-state index in [4.69, 9.17) is 23.2 Å². The number of anilines is 1. The summed E-state index contributed by atoms with van der Waals surface area (Å²) in [6.45, 7) is 5.48. The highest BCUT2D eigenvalue weighted by atomic mass is 35.5. The average Bonchev–Trinajstić information content (AvgIpc) is 2.44. The fourth-order valence-corrected chi connectivity index (χ4v) is 2.50. The zero-order chi connectivity index (χ0) is 14.5. The van der Waals surface area contributed by atoms with Crippen molar-refractivity contribution in [3.05, 3.63) is 46.6 Å². The molecule has 0 bridgehead atoms. The molecule has 0 saturated carbocycles. The molecular weight excluding hydrogens is 295 g/mol. The average molecular weight is 311 g/mol. The van der Waals surface area contributed by atoms with Crippen molar-refractivity contribution in [3.63, 3.8) is 0 Å². The molecule has 0 radical (unpaired) electrons. The van der Waals surface area contributed by atoms with Crippen molar-refractivity contribution in [2.75, 3.05) is 11.4 Å².